The molecule has 0 N–H and O–H groups in total. The summed E-state index contributed by atoms with van der Waals surface area (Å²) in [4.78, 5) is 0. The first-order valence-corrected chi connectivity index (χ1v) is 10.2. The molecule has 2 rings (SSSR count). The zero-order valence-electron chi connectivity index (χ0n) is 17.2. The van der Waals surface area contributed by atoms with Crippen LogP contribution >= 0.6 is 11.6 Å². The lowest BCUT2D eigenvalue weighted by Gasteiger charge is -2.30. The van der Waals surface area contributed by atoms with Crippen LogP contribution in [0.3, 0.4) is 0 Å². The summed E-state index contributed by atoms with van der Waals surface area (Å²) in [6.07, 6.45) is 2.18. The van der Waals surface area contributed by atoms with Crippen molar-refractivity contribution < 1.29 is 4.74 Å². The molecule has 2 heteroatoms. The second kappa shape index (κ2) is 8.48. The standard InChI is InChI=1S/C24H33ClO/c1-7-23(3,4)20-13-14-22(21(15-20)24(5,6)8-2)26-17-19-12-10-9-11-18(19)16-25/h9-15H,7-8,16-17H2,1-6H3. The molecule has 26 heavy (non-hydrogen) atoms. The lowest BCUT2D eigenvalue weighted by Crippen LogP contribution is -2.21. The van der Waals surface area contributed by atoms with Crippen LogP contribution in [0.25, 0.3) is 0 Å². The number of alkyl halides is 1. The highest BCUT2D eigenvalue weighted by atomic mass is 35.5. The van der Waals surface area contributed by atoms with Crippen LogP contribution in [0, 0.1) is 0 Å². The first kappa shape index (κ1) is 20.8. The van der Waals surface area contributed by atoms with Crippen LogP contribution in [0.2, 0.25) is 0 Å². The lowest BCUT2D eigenvalue weighted by molar-refractivity contribution is 0.294. The maximum Gasteiger partial charge on any atom is 0.123 e. The van der Waals surface area contributed by atoms with E-state index in [1.165, 1.54) is 11.1 Å². The third-order valence-electron chi connectivity index (χ3n) is 5.90. The molecule has 142 valence electrons. The molecule has 2 aromatic carbocycles. The van der Waals surface area contributed by atoms with Crippen molar-refractivity contribution in [3.8, 4) is 5.75 Å². The van der Waals surface area contributed by atoms with Crippen molar-refractivity contribution >= 4 is 11.6 Å². The molecule has 0 aromatic heterocycles. The first-order valence-electron chi connectivity index (χ1n) is 9.65. The SMILES string of the molecule is CCC(C)(C)c1ccc(OCc2ccccc2CCl)c(C(C)(C)CC)c1. The van der Waals surface area contributed by atoms with Gasteiger partial charge >= 0.3 is 0 Å². The second-order valence-corrected chi connectivity index (χ2v) is 8.64. The highest BCUT2D eigenvalue weighted by molar-refractivity contribution is 6.17. The van der Waals surface area contributed by atoms with Gasteiger partial charge in [0.2, 0.25) is 0 Å². The summed E-state index contributed by atoms with van der Waals surface area (Å²) in [5.41, 5.74) is 5.20. The van der Waals surface area contributed by atoms with Crippen molar-refractivity contribution in [1.82, 2.24) is 0 Å². The topological polar surface area (TPSA) is 9.23 Å². The monoisotopic (exact) mass is 372 g/mol. The molecule has 0 saturated heterocycles. The van der Waals surface area contributed by atoms with E-state index in [-0.39, 0.29) is 10.8 Å². The molecule has 0 aliphatic heterocycles. The van der Waals surface area contributed by atoms with E-state index >= 15 is 0 Å². The quantitative estimate of drug-likeness (QED) is 0.439. The summed E-state index contributed by atoms with van der Waals surface area (Å²) >= 11 is 6.07. The fraction of sp³-hybridized carbons (Fsp3) is 0.500. The van der Waals surface area contributed by atoms with Gasteiger partial charge in [-0.15, -0.1) is 11.6 Å². The fourth-order valence-corrected chi connectivity index (χ4v) is 3.25. The molecule has 0 bridgehead atoms. The zero-order chi connectivity index (χ0) is 19.4. The van der Waals surface area contributed by atoms with Crippen LogP contribution in [0.1, 0.15) is 76.6 Å². The van der Waals surface area contributed by atoms with Crippen LogP contribution in [0.15, 0.2) is 42.5 Å². The Bertz CT molecular complexity index is 731. The van der Waals surface area contributed by atoms with Gasteiger partial charge in [-0.25, -0.2) is 0 Å². The van der Waals surface area contributed by atoms with Crippen LogP contribution in [-0.2, 0) is 23.3 Å². The molecule has 0 fully saturated rings. The van der Waals surface area contributed by atoms with Crippen molar-refractivity contribution in [2.24, 2.45) is 0 Å². The van der Waals surface area contributed by atoms with Crippen LogP contribution in [-0.4, -0.2) is 0 Å². The summed E-state index contributed by atoms with van der Waals surface area (Å²) in [5.74, 6) is 1.49. The molecular weight excluding hydrogens is 340 g/mol. The Morgan fingerprint density at radius 2 is 1.46 bits per heavy atom. The zero-order valence-corrected chi connectivity index (χ0v) is 17.9. The minimum atomic E-state index is 0.0706. The van der Waals surface area contributed by atoms with Crippen molar-refractivity contribution in [2.75, 3.05) is 0 Å². The lowest BCUT2D eigenvalue weighted by atomic mass is 9.76. The molecule has 0 aliphatic carbocycles. The number of rotatable bonds is 8. The predicted molar refractivity (Wildman–Crippen MR) is 113 cm³/mol. The van der Waals surface area contributed by atoms with Crippen LogP contribution < -0.4 is 4.74 Å². The predicted octanol–water partition coefficient (Wildman–Crippen LogP) is 7.38. The van der Waals surface area contributed by atoms with E-state index in [9.17, 15) is 0 Å². The third-order valence-corrected chi connectivity index (χ3v) is 6.19. The second-order valence-electron chi connectivity index (χ2n) is 8.38. The van der Waals surface area contributed by atoms with Crippen molar-refractivity contribution in [3.63, 3.8) is 0 Å². The van der Waals surface area contributed by atoms with Gasteiger partial charge in [0, 0.05) is 11.4 Å². The van der Waals surface area contributed by atoms with E-state index in [2.05, 4.69) is 71.9 Å². The minimum absolute atomic E-state index is 0.0706. The molecule has 0 atom stereocenters. The Labute approximate surface area is 164 Å². The normalized spacial score (nSPS) is 12.3. The van der Waals surface area contributed by atoms with E-state index in [4.69, 9.17) is 16.3 Å². The van der Waals surface area contributed by atoms with Crippen LogP contribution in [0.5, 0.6) is 5.75 Å². The number of hydrogen-bond donors (Lipinski definition) is 0. The summed E-state index contributed by atoms with van der Waals surface area (Å²) in [6, 6.07) is 15.0. The van der Waals surface area contributed by atoms with Gasteiger partial charge in [-0.05, 0) is 46.4 Å². The summed E-state index contributed by atoms with van der Waals surface area (Å²) in [6.45, 7) is 14.2. The fourth-order valence-electron chi connectivity index (χ4n) is 2.98. The molecule has 2 aromatic rings. The Balaban J connectivity index is 2.38. The first-order chi connectivity index (χ1) is 12.2. The molecule has 0 radical (unpaired) electrons. The smallest absolute Gasteiger partial charge is 0.123 e. The average molecular weight is 373 g/mol. The van der Waals surface area contributed by atoms with Gasteiger partial charge in [-0.2, -0.15) is 0 Å². The average Bonchev–Trinajstić information content (AvgIpc) is 2.66. The summed E-state index contributed by atoms with van der Waals surface area (Å²) in [7, 11) is 0. The molecule has 0 unspecified atom stereocenters. The van der Waals surface area contributed by atoms with Gasteiger partial charge in [0.15, 0.2) is 0 Å². The number of hydrogen-bond acceptors (Lipinski definition) is 1. The Kier molecular flexibility index (Phi) is 6.80. The molecule has 0 heterocycles. The van der Waals surface area contributed by atoms with Gasteiger partial charge in [0.1, 0.15) is 12.4 Å². The van der Waals surface area contributed by atoms with E-state index in [0.29, 0.717) is 12.5 Å². The minimum Gasteiger partial charge on any atom is -0.489 e. The Morgan fingerprint density at radius 3 is 2.04 bits per heavy atom. The number of ether oxygens (including phenoxy) is 1. The van der Waals surface area contributed by atoms with Crippen molar-refractivity contribution in [3.05, 3.63) is 64.7 Å². The van der Waals surface area contributed by atoms with E-state index in [1.807, 2.05) is 12.1 Å². The van der Waals surface area contributed by atoms with E-state index < -0.39 is 0 Å². The maximum absolute atomic E-state index is 6.30. The molecular formula is C24H33ClO. The Hall–Kier alpha value is -1.47. The third kappa shape index (κ3) is 4.62. The van der Waals surface area contributed by atoms with Gasteiger partial charge in [0.05, 0.1) is 0 Å². The summed E-state index contributed by atoms with van der Waals surface area (Å²) in [5, 5.41) is 0. The highest BCUT2D eigenvalue weighted by Crippen LogP contribution is 2.38. The highest BCUT2D eigenvalue weighted by Gasteiger charge is 2.26. The van der Waals surface area contributed by atoms with E-state index in [0.717, 1.165) is 29.7 Å². The molecule has 0 amide bonds. The van der Waals surface area contributed by atoms with Crippen molar-refractivity contribution in [2.45, 2.75) is 77.7 Å². The number of benzene rings is 2. The molecule has 1 nitrogen and oxygen atoms in total. The summed E-state index contributed by atoms with van der Waals surface area (Å²) < 4.78 is 6.30. The van der Waals surface area contributed by atoms with Crippen molar-refractivity contribution in [1.29, 1.82) is 0 Å². The molecule has 0 spiro atoms. The Morgan fingerprint density at radius 1 is 0.846 bits per heavy atom. The van der Waals surface area contributed by atoms with Gasteiger partial charge < -0.3 is 4.74 Å². The maximum atomic E-state index is 6.30. The van der Waals surface area contributed by atoms with Crippen LogP contribution in [0.4, 0.5) is 0 Å². The molecule has 0 aliphatic rings. The largest absolute Gasteiger partial charge is 0.489 e. The number of halogens is 1. The van der Waals surface area contributed by atoms with E-state index in [1.54, 1.807) is 0 Å². The van der Waals surface area contributed by atoms with Gasteiger partial charge in [0.25, 0.3) is 0 Å². The van der Waals surface area contributed by atoms with Gasteiger partial charge in [-0.3, -0.25) is 0 Å². The molecule has 0 saturated carbocycles. The van der Waals surface area contributed by atoms with Gasteiger partial charge in [-0.1, -0.05) is 77.9 Å².